The van der Waals surface area contributed by atoms with E-state index in [0.29, 0.717) is 12.0 Å². The van der Waals surface area contributed by atoms with Crippen molar-refractivity contribution in [3.05, 3.63) is 35.4 Å². The van der Waals surface area contributed by atoms with E-state index in [0.717, 1.165) is 13.0 Å². The molecule has 104 valence electrons. The highest BCUT2D eigenvalue weighted by molar-refractivity contribution is 5.21. The lowest BCUT2D eigenvalue weighted by atomic mass is 9.94. The summed E-state index contributed by atoms with van der Waals surface area (Å²) >= 11 is 0. The predicted molar refractivity (Wildman–Crippen MR) is 78.0 cm³/mol. The summed E-state index contributed by atoms with van der Waals surface area (Å²) in [4.78, 5) is 2.60. The number of aryl methyl sites for hydroxylation is 1. The molecule has 2 nitrogen and oxygen atoms in total. The third-order valence-corrected chi connectivity index (χ3v) is 4.95. The maximum Gasteiger partial charge on any atom is 0.0583 e. The average molecular weight is 259 g/mol. The number of benzene rings is 1. The zero-order valence-electron chi connectivity index (χ0n) is 11.9. The minimum absolute atomic E-state index is 0.0522. The van der Waals surface area contributed by atoms with Crippen molar-refractivity contribution in [2.24, 2.45) is 5.92 Å². The topological polar surface area (TPSA) is 23.5 Å². The van der Waals surface area contributed by atoms with E-state index in [1.54, 1.807) is 0 Å². The van der Waals surface area contributed by atoms with Crippen LogP contribution in [0.3, 0.4) is 0 Å². The average Bonchev–Trinajstić information content (AvgIpc) is 3.01. The number of rotatable bonds is 3. The van der Waals surface area contributed by atoms with Crippen molar-refractivity contribution in [2.75, 3.05) is 6.54 Å². The van der Waals surface area contributed by atoms with Gasteiger partial charge < -0.3 is 5.11 Å². The molecule has 0 spiro atoms. The molecule has 2 aliphatic rings. The Bertz CT molecular complexity index is 414. The Morgan fingerprint density at radius 2 is 1.89 bits per heavy atom. The van der Waals surface area contributed by atoms with Crippen LogP contribution in [0.1, 0.15) is 43.2 Å². The molecule has 1 saturated carbocycles. The van der Waals surface area contributed by atoms with E-state index >= 15 is 0 Å². The van der Waals surface area contributed by atoms with Gasteiger partial charge in [0.1, 0.15) is 0 Å². The number of hydrogen-bond donors (Lipinski definition) is 1. The Kier molecular flexibility index (Phi) is 3.90. The van der Waals surface area contributed by atoms with E-state index in [2.05, 4.69) is 36.1 Å². The van der Waals surface area contributed by atoms with E-state index in [4.69, 9.17) is 0 Å². The second kappa shape index (κ2) is 5.64. The lowest BCUT2D eigenvalue weighted by Gasteiger charge is -2.31. The van der Waals surface area contributed by atoms with E-state index < -0.39 is 0 Å². The first-order valence-electron chi connectivity index (χ1n) is 7.72. The molecule has 3 unspecified atom stereocenters. The molecule has 1 heterocycles. The highest BCUT2D eigenvalue weighted by Gasteiger charge is 2.37. The molecule has 0 amide bonds. The number of nitrogens with zero attached hydrogens (tertiary/aromatic N) is 1. The van der Waals surface area contributed by atoms with Crippen LogP contribution < -0.4 is 0 Å². The van der Waals surface area contributed by atoms with Crippen molar-refractivity contribution in [2.45, 2.75) is 57.7 Å². The highest BCUT2D eigenvalue weighted by atomic mass is 16.3. The fourth-order valence-electron chi connectivity index (χ4n) is 3.88. The van der Waals surface area contributed by atoms with Crippen molar-refractivity contribution in [3.63, 3.8) is 0 Å². The van der Waals surface area contributed by atoms with Gasteiger partial charge in [-0.1, -0.05) is 36.2 Å². The molecule has 19 heavy (non-hydrogen) atoms. The summed E-state index contributed by atoms with van der Waals surface area (Å²) in [7, 11) is 0. The summed E-state index contributed by atoms with van der Waals surface area (Å²) in [5.74, 6) is 0.521. The summed E-state index contributed by atoms with van der Waals surface area (Å²) in [5, 5.41) is 10.1. The smallest absolute Gasteiger partial charge is 0.0583 e. The van der Waals surface area contributed by atoms with Crippen molar-refractivity contribution >= 4 is 0 Å². The van der Waals surface area contributed by atoms with Gasteiger partial charge in [0.25, 0.3) is 0 Å². The van der Waals surface area contributed by atoms with E-state index in [1.807, 2.05) is 0 Å². The lowest BCUT2D eigenvalue weighted by Crippen LogP contribution is -2.38. The molecule has 0 bridgehead atoms. The Hall–Kier alpha value is -0.860. The molecule has 3 atom stereocenters. The van der Waals surface area contributed by atoms with Crippen molar-refractivity contribution in [1.29, 1.82) is 0 Å². The molecule has 0 aromatic heterocycles. The SMILES string of the molecule is Cc1ccc(CN2CCCC2C2CCCC2O)cc1. The van der Waals surface area contributed by atoms with Gasteiger partial charge in [-0.25, -0.2) is 0 Å². The van der Waals surface area contributed by atoms with Crippen LogP contribution in [0.25, 0.3) is 0 Å². The van der Waals surface area contributed by atoms with Gasteiger partial charge in [0.2, 0.25) is 0 Å². The number of hydrogen-bond acceptors (Lipinski definition) is 2. The van der Waals surface area contributed by atoms with E-state index in [-0.39, 0.29) is 6.10 Å². The maximum absolute atomic E-state index is 10.1. The Balaban J connectivity index is 1.67. The number of aliphatic hydroxyl groups excluding tert-OH is 1. The predicted octanol–water partition coefficient (Wildman–Crippen LogP) is 3.12. The molecule has 2 fully saturated rings. The number of likely N-dealkylation sites (tertiary alicyclic amines) is 1. The molecule has 1 aliphatic heterocycles. The first-order valence-corrected chi connectivity index (χ1v) is 7.72. The largest absolute Gasteiger partial charge is 0.393 e. The van der Waals surface area contributed by atoms with Crippen LogP contribution in [-0.2, 0) is 6.54 Å². The van der Waals surface area contributed by atoms with Crippen molar-refractivity contribution in [3.8, 4) is 0 Å². The van der Waals surface area contributed by atoms with Crippen LogP contribution in [0.4, 0.5) is 0 Å². The summed E-state index contributed by atoms with van der Waals surface area (Å²) in [6.07, 6.45) is 5.95. The van der Waals surface area contributed by atoms with Crippen LogP contribution in [0, 0.1) is 12.8 Å². The van der Waals surface area contributed by atoms with Gasteiger partial charge in [-0.15, -0.1) is 0 Å². The fourth-order valence-corrected chi connectivity index (χ4v) is 3.88. The summed E-state index contributed by atoms with van der Waals surface area (Å²) in [6, 6.07) is 9.50. The van der Waals surface area contributed by atoms with Gasteiger partial charge in [-0.2, -0.15) is 0 Å². The first kappa shape index (κ1) is 13.1. The summed E-state index contributed by atoms with van der Waals surface area (Å²) in [6.45, 7) is 4.38. The molecular weight excluding hydrogens is 234 g/mol. The quantitative estimate of drug-likeness (QED) is 0.901. The molecule has 2 heteroatoms. The third-order valence-electron chi connectivity index (χ3n) is 4.95. The molecule has 3 rings (SSSR count). The van der Waals surface area contributed by atoms with Crippen molar-refractivity contribution in [1.82, 2.24) is 4.90 Å². The minimum atomic E-state index is -0.0522. The lowest BCUT2D eigenvalue weighted by molar-refractivity contribution is 0.0719. The van der Waals surface area contributed by atoms with Crippen LogP contribution in [0.2, 0.25) is 0 Å². The second-order valence-electron chi connectivity index (χ2n) is 6.33. The van der Waals surface area contributed by atoms with Crippen LogP contribution in [-0.4, -0.2) is 28.7 Å². The summed E-state index contributed by atoms with van der Waals surface area (Å²) < 4.78 is 0. The van der Waals surface area contributed by atoms with Gasteiger partial charge in [-0.05, 0) is 44.7 Å². The second-order valence-corrected chi connectivity index (χ2v) is 6.33. The molecule has 1 N–H and O–H groups in total. The molecule has 0 radical (unpaired) electrons. The Labute approximate surface area is 116 Å². The number of aliphatic hydroxyl groups is 1. The zero-order chi connectivity index (χ0) is 13.2. The van der Waals surface area contributed by atoms with Crippen LogP contribution in [0.5, 0.6) is 0 Å². The summed E-state index contributed by atoms with van der Waals surface area (Å²) in [5.41, 5.74) is 2.73. The third kappa shape index (κ3) is 2.85. The fraction of sp³-hybridized carbons (Fsp3) is 0.647. The van der Waals surface area contributed by atoms with Crippen LogP contribution in [0.15, 0.2) is 24.3 Å². The monoisotopic (exact) mass is 259 g/mol. The first-order chi connectivity index (χ1) is 9.24. The maximum atomic E-state index is 10.1. The van der Waals surface area contributed by atoms with Gasteiger partial charge >= 0.3 is 0 Å². The Morgan fingerprint density at radius 1 is 1.11 bits per heavy atom. The minimum Gasteiger partial charge on any atom is -0.393 e. The Morgan fingerprint density at radius 3 is 2.58 bits per heavy atom. The van der Waals surface area contributed by atoms with Crippen molar-refractivity contribution < 1.29 is 5.11 Å². The van der Waals surface area contributed by atoms with Gasteiger partial charge in [0, 0.05) is 18.5 Å². The van der Waals surface area contributed by atoms with E-state index in [1.165, 1.54) is 43.4 Å². The molecule has 1 aromatic carbocycles. The molecule has 1 aliphatic carbocycles. The van der Waals surface area contributed by atoms with Crippen LogP contribution >= 0.6 is 0 Å². The highest BCUT2D eigenvalue weighted by Crippen LogP contribution is 2.36. The molecule has 1 saturated heterocycles. The van der Waals surface area contributed by atoms with Gasteiger partial charge in [0.15, 0.2) is 0 Å². The van der Waals surface area contributed by atoms with Gasteiger partial charge in [0.05, 0.1) is 6.10 Å². The normalized spacial score (nSPS) is 32.0. The standard InChI is InChI=1S/C17H25NO/c1-13-7-9-14(10-8-13)12-18-11-3-5-16(18)15-4-2-6-17(15)19/h7-10,15-17,19H,2-6,11-12H2,1H3. The molecule has 1 aromatic rings. The van der Waals surface area contributed by atoms with E-state index in [9.17, 15) is 5.11 Å². The van der Waals surface area contributed by atoms with Gasteiger partial charge in [-0.3, -0.25) is 4.90 Å². The molecular formula is C17H25NO. The zero-order valence-corrected chi connectivity index (χ0v) is 11.9.